The second-order valence-corrected chi connectivity index (χ2v) is 7.39. The highest BCUT2D eigenvalue weighted by Gasteiger charge is 2.21. The number of hydrogen-bond donors (Lipinski definition) is 2. The zero-order valence-electron chi connectivity index (χ0n) is 17.3. The molecule has 2 N–H and O–H groups in total. The molecule has 1 aromatic rings. The molecule has 0 saturated carbocycles. The molecule has 1 aliphatic heterocycles. The van der Waals surface area contributed by atoms with Gasteiger partial charge in [0.1, 0.15) is 0 Å². The first-order valence-electron chi connectivity index (χ1n) is 9.86. The number of carbonyl (C=O) groups excluding carboxylic acids is 2. The molecule has 0 aromatic heterocycles. The lowest BCUT2D eigenvalue weighted by Gasteiger charge is -2.31. The molecule has 7 nitrogen and oxygen atoms in total. The van der Waals surface area contributed by atoms with Crippen molar-refractivity contribution in [2.45, 2.75) is 32.2 Å². The average Bonchev–Trinajstić information content (AvgIpc) is 2.71. The highest BCUT2D eigenvalue weighted by Crippen LogP contribution is 2.36. The van der Waals surface area contributed by atoms with Gasteiger partial charge in [-0.15, -0.1) is 0 Å². The number of likely N-dealkylation sites (tertiary alicyclic amines) is 1. The number of amides is 2. The molecule has 29 heavy (non-hydrogen) atoms. The summed E-state index contributed by atoms with van der Waals surface area (Å²) < 4.78 is 10.5. The van der Waals surface area contributed by atoms with Gasteiger partial charge in [-0.2, -0.15) is 0 Å². The van der Waals surface area contributed by atoms with Gasteiger partial charge in [0.2, 0.25) is 11.8 Å². The summed E-state index contributed by atoms with van der Waals surface area (Å²) >= 11 is 6.19. The van der Waals surface area contributed by atoms with E-state index in [1.54, 1.807) is 18.2 Å². The SMILES string of the molecule is CCCNC(=O)CN1CCC(NC(=O)/C=C/c2cc(Cl)c(OC)c(OC)c2)CC1. The molecular weight excluding hydrogens is 394 g/mol. The van der Waals surface area contributed by atoms with E-state index in [1.165, 1.54) is 20.3 Å². The summed E-state index contributed by atoms with van der Waals surface area (Å²) in [6, 6.07) is 3.59. The summed E-state index contributed by atoms with van der Waals surface area (Å²) in [6.45, 7) is 4.74. The predicted molar refractivity (Wildman–Crippen MR) is 114 cm³/mol. The molecule has 8 heteroatoms. The van der Waals surface area contributed by atoms with Crippen LogP contribution in [0.1, 0.15) is 31.7 Å². The maximum atomic E-state index is 12.3. The minimum absolute atomic E-state index is 0.0610. The van der Waals surface area contributed by atoms with Crippen LogP contribution in [-0.4, -0.2) is 63.2 Å². The Balaban J connectivity index is 1.82. The molecule has 0 radical (unpaired) electrons. The van der Waals surface area contributed by atoms with Crippen LogP contribution in [0.15, 0.2) is 18.2 Å². The van der Waals surface area contributed by atoms with Crippen molar-refractivity contribution in [3.8, 4) is 11.5 Å². The van der Waals surface area contributed by atoms with Gasteiger partial charge >= 0.3 is 0 Å². The van der Waals surface area contributed by atoms with Gasteiger partial charge in [0, 0.05) is 31.8 Å². The van der Waals surface area contributed by atoms with Crippen LogP contribution in [0.4, 0.5) is 0 Å². The lowest BCUT2D eigenvalue weighted by atomic mass is 10.0. The van der Waals surface area contributed by atoms with Crippen molar-refractivity contribution in [1.29, 1.82) is 0 Å². The van der Waals surface area contributed by atoms with Crippen LogP contribution >= 0.6 is 11.6 Å². The summed E-state index contributed by atoms with van der Waals surface area (Å²) in [5.41, 5.74) is 0.746. The Kier molecular flexibility index (Phi) is 9.28. The maximum Gasteiger partial charge on any atom is 0.244 e. The maximum absolute atomic E-state index is 12.3. The number of rotatable bonds is 9. The summed E-state index contributed by atoms with van der Waals surface area (Å²) in [7, 11) is 3.06. The first-order chi connectivity index (χ1) is 14.0. The number of carbonyl (C=O) groups is 2. The number of hydrogen-bond acceptors (Lipinski definition) is 5. The summed E-state index contributed by atoms with van der Waals surface area (Å²) in [4.78, 5) is 26.2. The summed E-state index contributed by atoms with van der Waals surface area (Å²) in [5.74, 6) is 0.877. The fourth-order valence-corrected chi connectivity index (χ4v) is 3.51. The van der Waals surface area contributed by atoms with E-state index in [9.17, 15) is 9.59 Å². The lowest BCUT2D eigenvalue weighted by molar-refractivity contribution is -0.123. The molecule has 2 rings (SSSR count). The molecule has 1 fully saturated rings. The van der Waals surface area contributed by atoms with Crippen LogP contribution in [-0.2, 0) is 9.59 Å². The minimum Gasteiger partial charge on any atom is -0.493 e. The number of nitrogens with zero attached hydrogens (tertiary/aromatic N) is 1. The Morgan fingerprint density at radius 1 is 1.24 bits per heavy atom. The Morgan fingerprint density at radius 2 is 1.97 bits per heavy atom. The molecule has 1 saturated heterocycles. The second kappa shape index (κ2) is 11.7. The average molecular weight is 424 g/mol. The quantitative estimate of drug-likeness (QED) is 0.596. The van der Waals surface area contributed by atoms with Crippen molar-refractivity contribution in [1.82, 2.24) is 15.5 Å². The van der Waals surface area contributed by atoms with E-state index in [0.29, 0.717) is 29.6 Å². The third-order valence-corrected chi connectivity index (χ3v) is 5.04. The number of ether oxygens (including phenoxy) is 2. The van der Waals surface area contributed by atoms with Gasteiger partial charge in [0.15, 0.2) is 11.5 Å². The van der Waals surface area contributed by atoms with E-state index in [-0.39, 0.29) is 17.9 Å². The molecule has 2 amide bonds. The molecule has 160 valence electrons. The van der Waals surface area contributed by atoms with E-state index in [2.05, 4.69) is 15.5 Å². The molecule has 0 unspecified atom stereocenters. The number of nitrogens with one attached hydrogen (secondary N) is 2. The van der Waals surface area contributed by atoms with Crippen molar-refractivity contribution in [3.05, 3.63) is 28.8 Å². The molecular formula is C21H30ClN3O4. The highest BCUT2D eigenvalue weighted by atomic mass is 35.5. The van der Waals surface area contributed by atoms with Crippen molar-refractivity contribution in [2.24, 2.45) is 0 Å². The van der Waals surface area contributed by atoms with Gasteiger partial charge in [-0.25, -0.2) is 0 Å². The molecule has 1 heterocycles. The standard InChI is InChI=1S/C21H30ClN3O4/c1-4-9-23-20(27)14-25-10-7-16(8-11-25)24-19(26)6-5-15-12-17(22)21(29-3)18(13-15)28-2/h5-6,12-13,16H,4,7-11,14H2,1-3H3,(H,23,27)(H,24,26)/b6-5+. The van der Waals surface area contributed by atoms with E-state index >= 15 is 0 Å². The van der Waals surface area contributed by atoms with Crippen molar-refractivity contribution >= 4 is 29.5 Å². The van der Waals surface area contributed by atoms with Crippen molar-refractivity contribution in [3.63, 3.8) is 0 Å². The third kappa shape index (κ3) is 7.25. The van der Waals surface area contributed by atoms with Gasteiger partial charge in [-0.05, 0) is 43.0 Å². The molecule has 0 bridgehead atoms. The molecule has 0 spiro atoms. The van der Waals surface area contributed by atoms with Crippen LogP contribution in [0.2, 0.25) is 5.02 Å². The van der Waals surface area contributed by atoms with Crippen molar-refractivity contribution in [2.75, 3.05) is 40.4 Å². The van der Waals surface area contributed by atoms with Crippen LogP contribution in [0.3, 0.4) is 0 Å². The third-order valence-electron chi connectivity index (χ3n) is 4.76. The minimum atomic E-state index is -0.157. The molecule has 1 aromatic carbocycles. The number of benzene rings is 1. The lowest BCUT2D eigenvalue weighted by Crippen LogP contribution is -2.47. The zero-order valence-corrected chi connectivity index (χ0v) is 18.1. The molecule has 0 atom stereocenters. The summed E-state index contributed by atoms with van der Waals surface area (Å²) in [6.07, 6.45) is 5.76. The fourth-order valence-electron chi connectivity index (χ4n) is 3.21. The highest BCUT2D eigenvalue weighted by molar-refractivity contribution is 6.32. The fraction of sp³-hybridized carbons (Fsp3) is 0.524. The monoisotopic (exact) mass is 423 g/mol. The van der Waals surface area contributed by atoms with Gasteiger partial charge in [-0.3, -0.25) is 14.5 Å². The number of halogens is 1. The van der Waals surface area contributed by atoms with E-state index < -0.39 is 0 Å². The second-order valence-electron chi connectivity index (χ2n) is 6.98. The van der Waals surface area contributed by atoms with E-state index in [0.717, 1.165) is 37.9 Å². The van der Waals surface area contributed by atoms with Gasteiger partial charge < -0.3 is 20.1 Å². The van der Waals surface area contributed by atoms with Crippen LogP contribution in [0.5, 0.6) is 11.5 Å². The van der Waals surface area contributed by atoms with Gasteiger partial charge in [0.05, 0.1) is 25.8 Å². The Hall–Kier alpha value is -2.25. The zero-order chi connectivity index (χ0) is 21.2. The molecule has 0 aliphatic carbocycles. The first-order valence-corrected chi connectivity index (χ1v) is 10.2. The van der Waals surface area contributed by atoms with Crippen LogP contribution < -0.4 is 20.1 Å². The van der Waals surface area contributed by atoms with Crippen LogP contribution in [0, 0.1) is 0 Å². The number of piperidine rings is 1. The Morgan fingerprint density at radius 3 is 2.59 bits per heavy atom. The molecule has 1 aliphatic rings. The van der Waals surface area contributed by atoms with Gasteiger partial charge in [-0.1, -0.05) is 18.5 Å². The first kappa shape index (κ1) is 23.0. The Labute approximate surface area is 177 Å². The largest absolute Gasteiger partial charge is 0.493 e. The van der Waals surface area contributed by atoms with Gasteiger partial charge in [0.25, 0.3) is 0 Å². The van der Waals surface area contributed by atoms with Crippen LogP contribution in [0.25, 0.3) is 6.08 Å². The number of methoxy groups -OCH3 is 2. The topological polar surface area (TPSA) is 79.9 Å². The summed E-state index contributed by atoms with van der Waals surface area (Å²) in [5, 5.41) is 6.33. The predicted octanol–water partition coefficient (Wildman–Crippen LogP) is 2.48. The smallest absolute Gasteiger partial charge is 0.244 e. The van der Waals surface area contributed by atoms with Crippen molar-refractivity contribution < 1.29 is 19.1 Å². The normalized spacial score (nSPS) is 15.3. The van der Waals surface area contributed by atoms with E-state index in [4.69, 9.17) is 21.1 Å². The van der Waals surface area contributed by atoms with E-state index in [1.807, 2.05) is 6.92 Å². The Bertz CT molecular complexity index is 731.